The van der Waals surface area contributed by atoms with Crippen molar-refractivity contribution in [2.45, 2.75) is 26.3 Å². The third-order valence-electron chi connectivity index (χ3n) is 3.90. The van der Waals surface area contributed by atoms with Crippen LogP contribution in [0.15, 0.2) is 24.3 Å². The third kappa shape index (κ3) is 4.57. The summed E-state index contributed by atoms with van der Waals surface area (Å²) >= 11 is 5.70. The Hall–Kier alpha value is -2.41. The molecule has 2 heterocycles. The maximum absolute atomic E-state index is 13.1. The Morgan fingerprint density at radius 3 is 2.76 bits per heavy atom. The number of rotatable bonds is 4. The molecule has 25 heavy (non-hydrogen) atoms. The van der Waals surface area contributed by atoms with Gasteiger partial charge in [-0.25, -0.2) is 19.2 Å². The molecule has 0 aliphatic carbocycles. The highest BCUT2D eigenvalue weighted by atomic mass is 35.5. The van der Waals surface area contributed by atoms with Crippen molar-refractivity contribution in [3.05, 3.63) is 46.6 Å². The van der Waals surface area contributed by atoms with Crippen LogP contribution >= 0.6 is 11.6 Å². The second-order valence-electron chi connectivity index (χ2n) is 5.91. The Kier molecular flexibility index (Phi) is 5.33. The van der Waals surface area contributed by atoms with Gasteiger partial charge < -0.3 is 15.5 Å². The number of nitrogens with one attached hydrogen (secondary N) is 2. The molecule has 0 spiro atoms. The van der Waals surface area contributed by atoms with Gasteiger partial charge in [0, 0.05) is 30.5 Å². The molecule has 2 amide bonds. The summed E-state index contributed by atoms with van der Waals surface area (Å²) in [4.78, 5) is 23.1. The third-order valence-corrected chi connectivity index (χ3v) is 4.19. The Balaban J connectivity index is 1.60. The van der Waals surface area contributed by atoms with Gasteiger partial charge in [-0.1, -0.05) is 11.6 Å². The van der Waals surface area contributed by atoms with Crippen LogP contribution in [-0.4, -0.2) is 29.1 Å². The van der Waals surface area contributed by atoms with Crippen molar-refractivity contribution < 1.29 is 9.18 Å². The molecule has 1 fully saturated rings. The molecule has 1 saturated heterocycles. The summed E-state index contributed by atoms with van der Waals surface area (Å²) in [7, 11) is 0. The fourth-order valence-electron chi connectivity index (χ4n) is 2.71. The van der Waals surface area contributed by atoms with Gasteiger partial charge in [0.25, 0.3) is 0 Å². The predicted octanol–water partition coefficient (Wildman–Crippen LogP) is 3.50. The summed E-state index contributed by atoms with van der Waals surface area (Å²) in [6.45, 7) is 4.10. The summed E-state index contributed by atoms with van der Waals surface area (Å²) < 4.78 is 13.1. The van der Waals surface area contributed by atoms with Crippen molar-refractivity contribution in [2.75, 3.05) is 23.3 Å². The molecule has 0 unspecified atom stereocenters. The fourth-order valence-corrected chi connectivity index (χ4v) is 2.89. The summed E-state index contributed by atoms with van der Waals surface area (Å²) in [6.07, 6.45) is 2.33. The molecule has 8 heteroatoms. The molecule has 132 valence electrons. The van der Waals surface area contributed by atoms with Crippen molar-refractivity contribution in [3.8, 4) is 0 Å². The van der Waals surface area contributed by atoms with Gasteiger partial charge in [-0.3, -0.25) is 0 Å². The van der Waals surface area contributed by atoms with E-state index < -0.39 is 11.8 Å². The average molecular weight is 364 g/mol. The van der Waals surface area contributed by atoms with E-state index in [2.05, 4.69) is 25.5 Å². The van der Waals surface area contributed by atoms with E-state index >= 15 is 0 Å². The molecule has 2 aromatic rings. The molecule has 0 saturated carbocycles. The van der Waals surface area contributed by atoms with Crippen molar-refractivity contribution in [1.82, 2.24) is 15.3 Å². The number of carbonyl (C=O) groups excluding carboxylic acids is 1. The van der Waals surface area contributed by atoms with Gasteiger partial charge in [-0.15, -0.1) is 0 Å². The Morgan fingerprint density at radius 1 is 1.28 bits per heavy atom. The number of urea groups is 1. The van der Waals surface area contributed by atoms with Crippen molar-refractivity contribution in [2.24, 2.45) is 0 Å². The number of hydrogen-bond acceptors (Lipinski definition) is 4. The van der Waals surface area contributed by atoms with Crippen LogP contribution in [0.5, 0.6) is 0 Å². The van der Waals surface area contributed by atoms with Crippen LogP contribution in [0, 0.1) is 12.7 Å². The van der Waals surface area contributed by atoms with Gasteiger partial charge >= 0.3 is 6.03 Å². The smallest absolute Gasteiger partial charge is 0.319 e. The van der Waals surface area contributed by atoms with Crippen LogP contribution in [0.2, 0.25) is 5.02 Å². The number of benzene rings is 1. The predicted molar refractivity (Wildman–Crippen MR) is 95.5 cm³/mol. The van der Waals surface area contributed by atoms with Crippen molar-refractivity contribution >= 4 is 29.1 Å². The van der Waals surface area contributed by atoms with E-state index in [9.17, 15) is 9.18 Å². The normalized spacial score (nSPS) is 13.8. The van der Waals surface area contributed by atoms with E-state index in [1.54, 1.807) is 0 Å². The van der Waals surface area contributed by atoms with E-state index in [1.807, 2.05) is 13.0 Å². The lowest BCUT2D eigenvalue weighted by Gasteiger charge is -2.17. The van der Waals surface area contributed by atoms with Gasteiger partial charge in [0.05, 0.1) is 11.6 Å². The van der Waals surface area contributed by atoms with Gasteiger partial charge in [-0.2, -0.15) is 0 Å². The maximum atomic E-state index is 13.1. The number of aromatic nitrogens is 2. The monoisotopic (exact) mass is 363 g/mol. The van der Waals surface area contributed by atoms with E-state index in [1.165, 1.54) is 31.0 Å². The van der Waals surface area contributed by atoms with Crippen LogP contribution in [0.25, 0.3) is 0 Å². The van der Waals surface area contributed by atoms with Crippen LogP contribution in [0.3, 0.4) is 0 Å². The Bertz CT molecular complexity index is 780. The first-order valence-electron chi connectivity index (χ1n) is 8.11. The number of anilines is 2. The fraction of sp³-hybridized carbons (Fsp3) is 0.353. The number of hydrogen-bond donors (Lipinski definition) is 2. The quantitative estimate of drug-likeness (QED) is 0.872. The highest BCUT2D eigenvalue weighted by Crippen LogP contribution is 2.20. The SMILES string of the molecule is Cc1cc(N2CCCC2)nc(CNC(=O)Nc2ccc(F)c(Cl)c2)n1. The van der Waals surface area contributed by atoms with E-state index in [0.717, 1.165) is 24.6 Å². The van der Waals surface area contributed by atoms with Crippen LogP contribution in [0.1, 0.15) is 24.4 Å². The van der Waals surface area contributed by atoms with Gasteiger partial charge in [0.15, 0.2) is 0 Å². The largest absolute Gasteiger partial charge is 0.357 e. The van der Waals surface area contributed by atoms with Crippen LogP contribution in [0.4, 0.5) is 20.7 Å². The zero-order chi connectivity index (χ0) is 17.8. The van der Waals surface area contributed by atoms with Crippen LogP contribution < -0.4 is 15.5 Å². The zero-order valence-electron chi connectivity index (χ0n) is 13.9. The number of aryl methyl sites for hydroxylation is 1. The average Bonchev–Trinajstić information content (AvgIpc) is 3.10. The Morgan fingerprint density at radius 2 is 2.04 bits per heavy atom. The minimum Gasteiger partial charge on any atom is -0.357 e. The molecular weight excluding hydrogens is 345 g/mol. The molecule has 1 aliphatic heterocycles. The molecule has 0 radical (unpaired) electrons. The van der Waals surface area contributed by atoms with E-state index in [0.29, 0.717) is 11.5 Å². The second-order valence-corrected chi connectivity index (χ2v) is 6.32. The lowest BCUT2D eigenvalue weighted by Crippen LogP contribution is -2.29. The summed E-state index contributed by atoms with van der Waals surface area (Å²) in [5.74, 6) is 0.914. The molecule has 0 atom stereocenters. The minimum absolute atomic E-state index is 0.0462. The topological polar surface area (TPSA) is 70.2 Å². The number of carbonyl (C=O) groups is 1. The first-order valence-corrected chi connectivity index (χ1v) is 8.48. The molecule has 1 aromatic heterocycles. The molecule has 1 aromatic carbocycles. The summed E-state index contributed by atoms with van der Waals surface area (Å²) in [5, 5.41) is 5.25. The van der Waals surface area contributed by atoms with Crippen molar-refractivity contribution in [3.63, 3.8) is 0 Å². The maximum Gasteiger partial charge on any atom is 0.319 e. The van der Waals surface area contributed by atoms with E-state index in [-0.39, 0.29) is 11.6 Å². The first-order chi connectivity index (χ1) is 12.0. The highest BCUT2D eigenvalue weighted by Gasteiger charge is 2.15. The molecule has 3 rings (SSSR count). The summed E-state index contributed by atoms with van der Waals surface area (Å²) in [5.41, 5.74) is 1.27. The molecule has 2 N–H and O–H groups in total. The molecule has 0 bridgehead atoms. The number of halogens is 2. The van der Waals surface area contributed by atoms with E-state index in [4.69, 9.17) is 11.6 Å². The number of nitrogens with zero attached hydrogens (tertiary/aromatic N) is 3. The van der Waals surface area contributed by atoms with Gasteiger partial charge in [-0.05, 0) is 38.0 Å². The molecule has 6 nitrogen and oxygen atoms in total. The minimum atomic E-state index is -0.532. The number of amides is 2. The summed E-state index contributed by atoms with van der Waals surface area (Å²) in [6, 6.07) is 5.51. The first kappa shape index (κ1) is 17.4. The molecule has 1 aliphatic rings. The van der Waals surface area contributed by atoms with Gasteiger partial charge in [0.2, 0.25) is 0 Å². The van der Waals surface area contributed by atoms with Gasteiger partial charge in [0.1, 0.15) is 17.5 Å². The van der Waals surface area contributed by atoms with Crippen molar-refractivity contribution in [1.29, 1.82) is 0 Å². The lowest BCUT2D eigenvalue weighted by atomic mass is 10.3. The Labute approximate surface area is 150 Å². The lowest BCUT2D eigenvalue weighted by molar-refractivity contribution is 0.251. The zero-order valence-corrected chi connectivity index (χ0v) is 14.6. The van der Waals surface area contributed by atoms with Crippen LogP contribution in [-0.2, 0) is 6.54 Å². The second kappa shape index (κ2) is 7.65. The molecular formula is C17H19ClFN5O. The standard InChI is InChI=1S/C17H19ClFN5O/c1-11-8-16(24-6-2-3-7-24)23-15(21-11)10-20-17(25)22-12-4-5-14(19)13(18)9-12/h4-5,8-9H,2-3,6-7,10H2,1H3,(H2,20,22,25). The highest BCUT2D eigenvalue weighted by molar-refractivity contribution is 6.31.